The molecule has 2 atom stereocenters. The van der Waals surface area contributed by atoms with Gasteiger partial charge in [-0.3, -0.25) is 0 Å². The van der Waals surface area contributed by atoms with Crippen molar-refractivity contribution in [3.05, 3.63) is 11.4 Å². The number of anilines is 2. The molecule has 1 aromatic rings. The third-order valence-electron chi connectivity index (χ3n) is 3.23. The average molecular weight is 251 g/mol. The van der Waals surface area contributed by atoms with E-state index in [-0.39, 0.29) is 0 Å². The van der Waals surface area contributed by atoms with Gasteiger partial charge < -0.3 is 10.7 Å². The molecule has 0 aromatic carbocycles. The molecule has 0 aliphatic rings. The van der Waals surface area contributed by atoms with Crippen molar-refractivity contribution in [2.75, 3.05) is 10.7 Å². The lowest BCUT2D eigenvalue weighted by atomic mass is 10.0. The monoisotopic (exact) mass is 251 g/mol. The molecule has 2 unspecified atom stereocenters. The van der Waals surface area contributed by atoms with E-state index in [1.54, 1.807) is 0 Å². The SMILES string of the molecule is CCC(C)CC(C)Nc1nc(C)nc(NN)c1C. The standard InChI is InChI=1S/C13H25N5/c1-6-8(2)7-9(3)15-12-10(4)13(18-14)17-11(5)16-12/h8-9H,6-7,14H2,1-5H3,(H2,15,16,17,18). The Balaban J connectivity index is 2.80. The highest BCUT2D eigenvalue weighted by Gasteiger charge is 2.12. The minimum absolute atomic E-state index is 0.388. The van der Waals surface area contributed by atoms with Gasteiger partial charge >= 0.3 is 0 Å². The molecule has 1 aromatic heterocycles. The highest BCUT2D eigenvalue weighted by molar-refractivity contribution is 5.56. The van der Waals surface area contributed by atoms with Crippen LogP contribution in [-0.2, 0) is 0 Å². The van der Waals surface area contributed by atoms with Gasteiger partial charge in [0, 0.05) is 11.6 Å². The lowest BCUT2D eigenvalue weighted by molar-refractivity contribution is 0.483. The number of nitrogens with two attached hydrogens (primary N) is 1. The molecule has 0 bridgehead atoms. The molecule has 0 radical (unpaired) electrons. The highest BCUT2D eigenvalue weighted by atomic mass is 15.3. The molecule has 4 N–H and O–H groups in total. The summed E-state index contributed by atoms with van der Waals surface area (Å²) in [4.78, 5) is 8.69. The van der Waals surface area contributed by atoms with Crippen LogP contribution in [0.2, 0.25) is 0 Å². The number of nitrogens with zero attached hydrogens (tertiary/aromatic N) is 2. The predicted molar refractivity (Wildman–Crippen MR) is 76.5 cm³/mol. The minimum Gasteiger partial charge on any atom is -0.367 e. The van der Waals surface area contributed by atoms with Crippen molar-refractivity contribution in [1.29, 1.82) is 0 Å². The van der Waals surface area contributed by atoms with Gasteiger partial charge in [0.2, 0.25) is 0 Å². The zero-order valence-corrected chi connectivity index (χ0v) is 12.0. The smallest absolute Gasteiger partial charge is 0.148 e. The Morgan fingerprint density at radius 1 is 1.17 bits per heavy atom. The summed E-state index contributed by atoms with van der Waals surface area (Å²) in [6.45, 7) is 10.5. The summed E-state index contributed by atoms with van der Waals surface area (Å²) in [6, 6.07) is 0.388. The van der Waals surface area contributed by atoms with Crippen LogP contribution in [0.3, 0.4) is 0 Å². The maximum absolute atomic E-state index is 5.45. The predicted octanol–water partition coefficient (Wildman–Crippen LogP) is 2.62. The van der Waals surface area contributed by atoms with E-state index < -0.39 is 0 Å². The summed E-state index contributed by atoms with van der Waals surface area (Å²) >= 11 is 0. The van der Waals surface area contributed by atoms with Crippen molar-refractivity contribution in [2.24, 2.45) is 11.8 Å². The van der Waals surface area contributed by atoms with Crippen LogP contribution in [0.5, 0.6) is 0 Å². The third kappa shape index (κ3) is 3.84. The Hall–Kier alpha value is -1.36. The molecule has 0 spiro atoms. The number of rotatable bonds is 6. The third-order valence-corrected chi connectivity index (χ3v) is 3.23. The number of nitrogens with one attached hydrogen (secondary N) is 2. The molecule has 5 nitrogen and oxygen atoms in total. The molecule has 0 aliphatic heterocycles. The Morgan fingerprint density at radius 3 is 2.33 bits per heavy atom. The minimum atomic E-state index is 0.388. The van der Waals surface area contributed by atoms with Crippen LogP contribution in [0.4, 0.5) is 11.6 Å². The number of hydrogen-bond donors (Lipinski definition) is 3. The summed E-state index contributed by atoms with van der Waals surface area (Å²) in [5.74, 6) is 8.43. The van der Waals surface area contributed by atoms with Gasteiger partial charge in [-0.1, -0.05) is 20.3 Å². The van der Waals surface area contributed by atoms with E-state index in [4.69, 9.17) is 5.84 Å². The maximum Gasteiger partial charge on any atom is 0.148 e. The molecule has 0 amide bonds. The first-order chi connectivity index (χ1) is 8.47. The Labute approximate surface area is 110 Å². The number of hydrogen-bond acceptors (Lipinski definition) is 5. The van der Waals surface area contributed by atoms with Crippen molar-refractivity contribution in [3.8, 4) is 0 Å². The van der Waals surface area contributed by atoms with Crippen LogP contribution in [0.1, 0.15) is 45.0 Å². The van der Waals surface area contributed by atoms with Crippen LogP contribution in [0.15, 0.2) is 0 Å². The van der Waals surface area contributed by atoms with Gasteiger partial charge in [-0.05, 0) is 33.1 Å². The van der Waals surface area contributed by atoms with Gasteiger partial charge in [-0.25, -0.2) is 15.8 Å². The molecule has 102 valence electrons. The zero-order valence-electron chi connectivity index (χ0n) is 12.0. The lowest BCUT2D eigenvalue weighted by Crippen LogP contribution is -2.21. The molecule has 0 saturated heterocycles. The second kappa shape index (κ2) is 6.54. The second-order valence-corrected chi connectivity index (χ2v) is 5.03. The van der Waals surface area contributed by atoms with Crippen LogP contribution in [-0.4, -0.2) is 16.0 Å². The van der Waals surface area contributed by atoms with Crippen molar-refractivity contribution in [2.45, 2.75) is 53.5 Å². The van der Waals surface area contributed by atoms with Crippen LogP contribution < -0.4 is 16.6 Å². The van der Waals surface area contributed by atoms with Crippen molar-refractivity contribution >= 4 is 11.6 Å². The average Bonchev–Trinajstić information content (AvgIpc) is 2.32. The topological polar surface area (TPSA) is 75.9 Å². The zero-order chi connectivity index (χ0) is 13.7. The van der Waals surface area contributed by atoms with Gasteiger partial charge in [0.15, 0.2) is 0 Å². The van der Waals surface area contributed by atoms with E-state index >= 15 is 0 Å². The van der Waals surface area contributed by atoms with Gasteiger partial charge in [0.05, 0.1) is 0 Å². The Morgan fingerprint density at radius 2 is 1.78 bits per heavy atom. The second-order valence-electron chi connectivity index (χ2n) is 5.03. The summed E-state index contributed by atoms with van der Waals surface area (Å²) in [5, 5.41) is 3.44. The molecule has 0 saturated carbocycles. The number of aromatic nitrogens is 2. The fourth-order valence-corrected chi connectivity index (χ4v) is 1.97. The molecular formula is C13H25N5. The van der Waals surface area contributed by atoms with Gasteiger partial charge in [0.1, 0.15) is 17.5 Å². The van der Waals surface area contributed by atoms with E-state index in [9.17, 15) is 0 Å². The van der Waals surface area contributed by atoms with E-state index in [1.807, 2.05) is 13.8 Å². The fraction of sp³-hybridized carbons (Fsp3) is 0.692. The van der Waals surface area contributed by atoms with Crippen molar-refractivity contribution < 1.29 is 0 Å². The molecule has 18 heavy (non-hydrogen) atoms. The molecule has 0 aliphatic carbocycles. The fourth-order valence-electron chi connectivity index (χ4n) is 1.97. The first kappa shape index (κ1) is 14.7. The highest BCUT2D eigenvalue weighted by Crippen LogP contribution is 2.21. The molecule has 1 heterocycles. The van der Waals surface area contributed by atoms with Gasteiger partial charge in [-0.2, -0.15) is 0 Å². The number of hydrazine groups is 1. The molecular weight excluding hydrogens is 226 g/mol. The number of nitrogen functional groups attached to an aromatic ring is 1. The van der Waals surface area contributed by atoms with E-state index in [2.05, 4.69) is 41.5 Å². The Bertz CT molecular complexity index is 391. The van der Waals surface area contributed by atoms with Gasteiger partial charge in [0.25, 0.3) is 0 Å². The molecule has 0 fully saturated rings. The van der Waals surface area contributed by atoms with Crippen LogP contribution in [0.25, 0.3) is 0 Å². The number of aryl methyl sites for hydroxylation is 1. The summed E-state index contributed by atoms with van der Waals surface area (Å²) in [5.41, 5.74) is 3.57. The maximum atomic E-state index is 5.45. The molecule has 1 rings (SSSR count). The summed E-state index contributed by atoms with van der Waals surface area (Å²) in [6.07, 6.45) is 2.33. The quantitative estimate of drug-likeness (QED) is 0.535. The van der Waals surface area contributed by atoms with Crippen molar-refractivity contribution in [3.63, 3.8) is 0 Å². The van der Waals surface area contributed by atoms with Gasteiger partial charge in [-0.15, -0.1) is 0 Å². The Kier molecular flexibility index (Phi) is 5.34. The van der Waals surface area contributed by atoms with Crippen LogP contribution in [0, 0.1) is 19.8 Å². The lowest BCUT2D eigenvalue weighted by Gasteiger charge is -2.20. The first-order valence-electron chi connectivity index (χ1n) is 6.56. The normalized spacial score (nSPS) is 14.1. The summed E-state index contributed by atoms with van der Waals surface area (Å²) < 4.78 is 0. The largest absolute Gasteiger partial charge is 0.367 e. The van der Waals surface area contributed by atoms with E-state index in [0.29, 0.717) is 23.6 Å². The van der Waals surface area contributed by atoms with E-state index in [0.717, 1.165) is 17.8 Å². The van der Waals surface area contributed by atoms with Crippen molar-refractivity contribution in [1.82, 2.24) is 9.97 Å². The first-order valence-corrected chi connectivity index (χ1v) is 6.56. The van der Waals surface area contributed by atoms with E-state index in [1.165, 1.54) is 6.42 Å². The summed E-state index contributed by atoms with van der Waals surface area (Å²) in [7, 11) is 0. The molecule has 5 heteroatoms. The van der Waals surface area contributed by atoms with Crippen LogP contribution >= 0.6 is 0 Å².